The number of benzene rings is 5. The third-order valence-corrected chi connectivity index (χ3v) is 14.0. The van der Waals surface area contributed by atoms with E-state index in [0.29, 0.717) is 11.8 Å². The highest BCUT2D eigenvalue weighted by Gasteiger charge is 2.51. The SMILES string of the molecule is CCCCC(CC)CC1(CC(CC)CCCC)C2=C(C=CC(Nc3cccc4ccccc34)C2c2ccc(C(C)(C)C)cc2)c2ccc(Nc3ccc(CC)cc3)cc21. The van der Waals surface area contributed by atoms with E-state index in [0.717, 1.165) is 12.1 Å². The van der Waals surface area contributed by atoms with Gasteiger partial charge in [-0.05, 0) is 111 Å². The number of hydrogen-bond acceptors (Lipinski definition) is 2. The van der Waals surface area contributed by atoms with Gasteiger partial charge in [-0.15, -0.1) is 0 Å². The maximum atomic E-state index is 4.22. The molecule has 5 aromatic carbocycles. The largest absolute Gasteiger partial charge is 0.377 e. The van der Waals surface area contributed by atoms with Crippen molar-refractivity contribution < 1.29 is 0 Å². The Morgan fingerprint density at radius 1 is 0.678 bits per heavy atom. The van der Waals surface area contributed by atoms with Crippen LogP contribution in [0.2, 0.25) is 0 Å². The Balaban J connectivity index is 1.45. The third-order valence-electron chi connectivity index (χ3n) is 14.0. The van der Waals surface area contributed by atoms with Gasteiger partial charge in [0.2, 0.25) is 0 Å². The Bertz CT molecular complexity index is 2190. The molecular formula is C57H72N2. The van der Waals surface area contributed by atoms with Crippen molar-refractivity contribution in [1.29, 1.82) is 0 Å². The maximum absolute atomic E-state index is 4.22. The van der Waals surface area contributed by atoms with Gasteiger partial charge in [0, 0.05) is 33.8 Å². The van der Waals surface area contributed by atoms with Crippen LogP contribution in [0.25, 0.3) is 16.3 Å². The zero-order chi connectivity index (χ0) is 41.6. The van der Waals surface area contributed by atoms with E-state index in [1.165, 1.54) is 114 Å². The molecule has 5 aromatic rings. The van der Waals surface area contributed by atoms with Gasteiger partial charge in [-0.25, -0.2) is 0 Å². The van der Waals surface area contributed by atoms with Crippen molar-refractivity contribution in [3.05, 3.63) is 155 Å². The van der Waals surface area contributed by atoms with E-state index < -0.39 is 0 Å². The van der Waals surface area contributed by atoms with Gasteiger partial charge in [-0.1, -0.05) is 198 Å². The molecule has 2 aliphatic carbocycles. The van der Waals surface area contributed by atoms with Gasteiger partial charge in [0.1, 0.15) is 0 Å². The van der Waals surface area contributed by atoms with Crippen LogP contribution < -0.4 is 10.6 Å². The monoisotopic (exact) mass is 785 g/mol. The molecule has 59 heavy (non-hydrogen) atoms. The number of anilines is 3. The molecule has 0 saturated heterocycles. The lowest BCUT2D eigenvalue weighted by Crippen LogP contribution is -2.40. The molecule has 310 valence electrons. The highest BCUT2D eigenvalue weighted by molar-refractivity contribution is 5.95. The van der Waals surface area contributed by atoms with Gasteiger partial charge in [0.15, 0.2) is 0 Å². The zero-order valence-corrected chi connectivity index (χ0v) is 37.6. The summed E-state index contributed by atoms with van der Waals surface area (Å²) in [5, 5.41) is 10.7. The van der Waals surface area contributed by atoms with Crippen molar-refractivity contribution >= 4 is 33.4 Å². The molecule has 4 atom stereocenters. The third kappa shape index (κ3) is 9.13. The van der Waals surface area contributed by atoms with Crippen molar-refractivity contribution in [1.82, 2.24) is 0 Å². The molecule has 2 N–H and O–H groups in total. The van der Waals surface area contributed by atoms with Crippen LogP contribution in [0, 0.1) is 11.8 Å². The van der Waals surface area contributed by atoms with Crippen LogP contribution in [0.15, 0.2) is 127 Å². The second-order valence-electron chi connectivity index (χ2n) is 19.0. The average Bonchev–Trinajstić information content (AvgIpc) is 3.51. The zero-order valence-electron chi connectivity index (χ0n) is 37.6. The molecule has 0 aliphatic heterocycles. The van der Waals surface area contributed by atoms with Crippen molar-refractivity contribution in [2.75, 3.05) is 10.6 Å². The lowest BCUT2D eigenvalue weighted by atomic mass is 9.59. The summed E-state index contributed by atoms with van der Waals surface area (Å²) in [6, 6.07) is 41.9. The number of allylic oxidation sites excluding steroid dienone is 2. The predicted octanol–water partition coefficient (Wildman–Crippen LogP) is 16.5. The fourth-order valence-corrected chi connectivity index (χ4v) is 10.5. The van der Waals surface area contributed by atoms with Crippen LogP contribution >= 0.6 is 0 Å². The number of nitrogens with one attached hydrogen (secondary N) is 2. The number of aryl methyl sites for hydroxylation is 1. The van der Waals surface area contributed by atoms with E-state index in [-0.39, 0.29) is 22.8 Å². The summed E-state index contributed by atoms with van der Waals surface area (Å²) in [5.41, 5.74) is 13.8. The normalized spacial score (nSPS) is 19.7. The van der Waals surface area contributed by atoms with Crippen molar-refractivity contribution in [2.45, 2.75) is 149 Å². The van der Waals surface area contributed by atoms with Crippen LogP contribution in [0.3, 0.4) is 0 Å². The fourth-order valence-electron chi connectivity index (χ4n) is 10.5. The van der Waals surface area contributed by atoms with Crippen LogP contribution in [0.5, 0.6) is 0 Å². The molecule has 2 heteroatoms. The fraction of sp³-hybridized carbons (Fsp3) is 0.439. The Morgan fingerprint density at radius 3 is 1.95 bits per heavy atom. The van der Waals surface area contributed by atoms with E-state index in [4.69, 9.17) is 0 Å². The minimum absolute atomic E-state index is 0.0882. The maximum Gasteiger partial charge on any atom is 0.0554 e. The summed E-state index contributed by atoms with van der Waals surface area (Å²) < 4.78 is 0. The predicted molar refractivity (Wildman–Crippen MR) is 258 cm³/mol. The minimum atomic E-state index is -0.103. The second-order valence-corrected chi connectivity index (χ2v) is 19.0. The van der Waals surface area contributed by atoms with Crippen molar-refractivity contribution in [2.24, 2.45) is 11.8 Å². The van der Waals surface area contributed by atoms with E-state index in [2.05, 4.69) is 187 Å². The summed E-state index contributed by atoms with van der Waals surface area (Å²) >= 11 is 0. The number of rotatable bonds is 18. The quantitative estimate of drug-likeness (QED) is 0.0925. The topological polar surface area (TPSA) is 24.1 Å². The first-order chi connectivity index (χ1) is 28.6. The van der Waals surface area contributed by atoms with E-state index in [1.54, 1.807) is 11.1 Å². The second kappa shape index (κ2) is 18.8. The van der Waals surface area contributed by atoms with E-state index in [1.807, 2.05) is 0 Å². The van der Waals surface area contributed by atoms with E-state index in [9.17, 15) is 0 Å². The first-order valence-electron chi connectivity index (χ1n) is 23.4. The molecule has 0 bridgehead atoms. The van der Waals surface area contributed by atoms with Crippen molar-refractivity contribution in [3.8, 4) is 0 Å². The van der Waals surface area contributed by atoms with Crippen LogP contribution in [-0.2, 0) is 17.3 Å². The molecule has 2 aliphatic rings. The minimum Gasteiger partial charge on any atom is -0.377 e. The Kier molecular flexibility index (Phi) is 13.6. The Hall–Kier alpha value is -4.56. The molecule has 0 fully saturated rings. The smallest absolute Gasteiger partial charge is 0.0554 e. The summed E-state index contributed by atoms with van der Waals surface area (Å²) in [4.78, 5) is 0. The lowest BCUT2D eigenvalue weighted by molar-refractivity contribution is 0.252. The summed E-state index contributed by atoms with van der Waals surface area (Å²) in [6.45, 7) is 18.9. The highest BCUT2D eigenvalue weighted by Crippen LogP contribution is 2.61. The molecule has 0 saturated carbocycles. The molecule has 0 amide bonds. The molecule has 7 rings (SSSR count). The van der Waals surface area contributed by atoms with Gasteiger partial charge in [-0.3, -0.25) is 0 Å². The van der Waals surface area contributed by atoms with Crippen LogP contribution in [0.1, 0.15) is 153 Å². The Morgan fingerprint density at radius 2 is 1.32 bits per heavy atom. The first-order valence-corrected chi connectivity index (χ1v) is 23.4. The number of unbranched alkanes of at least 4 members (excludes halogenated alkanes) is 2. The van der Waals surface area contributed by atoms with Gasteiger partial charge >= 0.3 is 0 Å². The molecule has 2 nitrogen and oxygen atoms in total. The molecule has 0 aromatic heterocycles. The molecular weight excluding hydrogens is 713 g/mol. The van der Waals surface area contributed by atoms with Gasteiger partial charge in [0.05, 0.1) is 6.04 Å². The Labute approximate surface area is 358 Å². The number of fused-ring (bicyclic) bond motifs is 3. The van der Waals surface area contributed by atoms with Crippen molar-refractivity contribution in [3.63, 3.8) is 0 Å². The summed E-state index contributed by atoms with van der Waals surface area (Å²) in [6.07, 6.45) is 18.5. The number of hydrogen-bond donors (Lipinski definition) is 2. The molecule has 4 unspecified atom stereocenters. The average molecular weight is 785 g/mol. The molecule has 0 spiro atoms. The molecule has 0 radical (unpaired) electrons. The first kappa shape index (κ1) is 42.6. The summed E-state index contributed by atoms with van der Waals surface area (Å²) in [5.74, 6) is 1.47. The lowest BCUT2D eigenvalue weighted by Gasteiger charge is -2.45. The van der Waals surface area contributed by atoms with Crippen LogP contribution in [0.4, 0.5) is 17.1 Å². The van der Waals surface area contributed by atoms with Crippen LogP contribution in [-0.4, -0.2) is 6.04 Å². The van der Waals surface area contributed by atoms with Gasteiger partial charge < -0.3 is 10.6 Å². The summed E-state index contributed by atoms with van der Waals surface area (Å²) in [7, 11) is 0. The van der Waals surface area contributed by atoms with Gasteiger partial charge in [0.25, 0.3) is 0 Å². The highest BCUT2D eigenvalue weighted by atomic mass is 14.9. The van der Waals surface area contributed by atoms with Gasteiger partial charge in [-0.2, -0.15) is 0 Å². The standard InChI is InChI=1S/C57H72N2/c1-9-14-19-41(12-4)38-57(39-42(13-5)20-15-10-2)51-37-47(58-46-31-25-40(11-3)26-32-46)33-34-49(51)50-35-36-53(59-52-24-18-22-43-21-16-17-23-48(43)52)54(55(50)57)44-27-29-45(30-28-44)56(6,7)8/h16-18,21-37,41-42,53-54,58-59H,9-15,19-20,38-39H2,1-8H3. The molecule has 0 heterocycles. The van der Waals surface area contributed by atoms with E-state index >= 15 is 0 Å².